The lowest BCUT2D eigenvalue weighted by Gasteiger charge is -2.42. The summed E-state index contributed by atoms with van der Waals surface area (Å²) >= 11 is 0. The molecule has 2 aliphatic heterocycles. The van der Waals surface area contributed by atoms with E-state index in [4.69, 9.17) is 0 Å². The Morgan fingerprint density at radius 3 is 2.42 bits per heavy atom. The van der Waals surface area contributed by atoms with Crippen LogP contribution in [0.15, 0.2) is 30.3 Å². The SMILES string of the molecule is CNC(=O)C1CN([C@@H](C)C(=O)NC2CCN(Cc3ccccc3)CC2)C1. The van der Waals surface area contributed by atoms with Gasteiger partial charge in [-0.25, -0.2) is 0 Å². The lowest BCUT2D eigenvalue weighted by Crippen LogP contribution is -2.60. The summed E-state index contributed by atoms with van der Waals surface area (Å²) in [6.07, 6.45) is 1.98. The molecule has 142 valence electrons. The molecule has 2 heterocycles. The van der Waals surface area contributed by atoms with Crippen molar-refractivity contribution in [2.75, 3.05) is 33.2 Å². The number of likely N-dealkylation sites (tertiary alicyclic amines) is 2. The number of carbonyl (C=O) groups is 2. The van der Waals surface area contributed by atoms with Crippen molar-refractivity contribution >= 4 is 11.8 Å². The zero-order chi connectivity index (χ0) is 18.5. The Hall–Kier alpha value is -1.92. The molecule has 26 heavy (non-hydrogen) atoms. The first-order chi connectivity index (χ1) is 12.6. The minimum absolute atomic E-state index is 0.0245. The van der Waals surface area contributed by atoms with E-state index in [1.807, 2.05) is 13.0 Å². The number of hydrogen-bond acceptors (Lipinski definition) is 4. The van der Waals surface area contributed by atoms with Gasteiger partial charge in [-0.1, -0.05) is 30.3 Å². The zero-order valence-electron chi connectivity index (χ0n) is 15.8. The molecular formula is C20H30N4O2. The lowest BCUT2D eigenvalue weighted by molar-refractivity contribution is -0.137. The largest absolute Gasteiger partial charge is 0.359 e. The van der Waals surface area contributed by atoms with Crippen molar-refractivity contribution in [1.29, 1.82) is 0 Å². The number of nitrogens with zero attached hydrogens (tertiary/aromatic N) is 2. The molecule has 2 fully saturated rings. The van der Waals surface area contributed by atoms with Crippen molar-refractivity contribution in [1.82, 2.24) is 20.4 Å². The van der Waals surface area contributed by atoms with Crippen LogP contribution in [0.2, 0.25) is 0 Å². The van der Waals surface area contributed by atoms with E-state index in [1.165, 1.54) is 5.56 Å². The molecule has 2 N–H and O–H groups in total. The molecule has 6 heteroatoms. The third kappa shape index (κ3) is 4.62. The van der Waals surface area contributed by atoms with E-state index in [0.29, 0.717) is 13.1 Å². The van der Waals surface area contributed by atoms with Crippen LogP contribution in [-0.2, 0) is 16.1 Å². The summed E-state index contributed by atoms with van der Waals surface area (Å²) < 4.78 is 0. The van der Waals surface area contributed by atoms with Crippen LogP contribution in [0.1, 0.15) is 25.3 Å². The quantitative estimate of drug-likeness (QED) is 0.791. The van der Waals surface area contributed by atoms with Gasteiger partial charge >= 0.3 is 0 Å². The van der Waals surface area contributed by atoms with Crippen molar-refractivity contribution in [3.05, 3.63) is 35.9 Å². The second-order valence-corrected chi connectivity index (χ2v) is 7.49. The van der Waals surface area contributed by atoms with E-state index >= 15 is 0 Å². The number of hydrogen-bond donors (Lipinski definition) is 2. The summed E-state index contributed by atoms with van der Waals surface area (Å²) in [7, 11) is 1.66. The molecule has 1 atom stereocenters. The second-order valence-electron chi connectivity index (χ2n) is 7.49. The number of nitrogens with one attached hydrogen (secondary N) is 2. The van der Waals surface area contributed by atoms with Crippen molar-refractivity contribution < 1.29 is 9.59 Å². The highest BCUT2D eigenvalue weighted by atomic mass is 16.2. The zero-order valence-corrected chi connectivity index (χ0v) is 15.8. The van der Waals surface area contributed by atoms with E-state index in [2.05, 4.69) is 44.7 Å². The van der Waals surface area contributed by atoms with Gasteiger partial charge in [-0.15, -0.1) is 0 Å². The first kappa shape index (κ1) is 18.9. The Morgan fingerprint density at radius 2 is 1.81 bits per heavy atom. The highest BCUT2D eigenvalue weighted by molar-refractivity contribution is 5.83. The van der Waals surface area contributed by atoms with E-state index < -0.39 is 0 Å². The van der Waals surface area contributed by atoms with Gasteiger partial charge in [0.25, 0.3) is 0 Å². The van der Waals surface area contributed by atoms with Crippen LogP contribution in [0, 0.1) is 5.92 Å². The van der Waals surface area contributed by atoms with Gasteiger partial charge in [-0.3, -0.25) is 19.4 Å². The molecule has 0 aromatic heterocycles. The van der Waals surface area contributed by atoms with Gasteiger partial charge < -0.3 is 10.6 Å². The molecule has 0 spiro atoms. The van der Waals surface area contributed by atoms with Gasteiger partial charge in [0.15, 0.2) is 0 Å². The average molecular weight is 358 g/mol. The predicted molar refractivity (Wildman–Crippen MR) is 101 cm³/mol. The molecule has 3 rings (SSSR count). The summed E-state index contributed by atoms with van der Waals surface area (Å²) in [4.78, 5) is 28.6. The molecule has 6 nitrogen and oxygen atoms in total. The highest BCUT2D eigenvalue weighted by Crippen LogP contribution is 2.19. The van der Waals surface area contributed by atoms with Gasteiger partial charge in [-0.2, -0.15) is 0 Å². The van der Waals surface area contributed by atoms with Crippen LogP contribution in [0.5, 0.6) is 0 Å². The number of amides is 2. The first-order valence-corrected chi connectivity index (χ1v) is 9.59. The molecule has 1 aromatic carbocycles. The topological polar surface area (TPSA) is 64.7 Å². The summed E-state index contributed by atoms with van der Waals surface area (Å²) in [6, 6.07) is 10.6. The van der Waals surface area contributed by atoms with Crippen molar-refractivity contribution in [2.45, 2.75) is 38.4 Å². The molecule has 2 amide bonds. The van der Waals surface area contributed by atoms with Crippen LogP contribution in [0.25, 0.3) is 0 Å². The van der Waals surface area contributed by atoms with Gasteiger partial charge in [0.05, 0.1) is 12.0 Å². The summed E-state index contributed by atoms with van der Waals surface area (Å²) in [5, 5.41) is 5.87. The first-order valence-electron chi connectivity index (χ1n) is 9.59. The van der Waals surface area contributed by atoms with Gasteiger partial charge in [-0.05, 0) is 25.3 Å². The number of rotatable bonds is 6. The van der Waals surface area contributed by atoms with Crippen LogP contribution < -0.4 is 10.6 Å². The molecule has 0 unspecified atom stereocenters. The average Bonchev–Trinajstić information content (AvgIpc) is 2.62. The molecule has 2 saturated heterocycles. The fraction of sp³-hybridized carbons (Fsp3) is 0.600. The number of piperidine rings is 1. The van der Waals surface area contributed by atoms with Crippen LogP contribution in [-0.4, -0.2) is 66.9 Å². The van der Waals surface area contributed by atoms with E-state index in [-0.39, 0.29) is 29.8 Å². The Balaban J connectivity index is 1.37. The van der Waals surface area contributed by atoms with E-state index in [1.54, 1.807) is 7.05 Å². The lowest BCUT2D eigenvalue weighted by atomic mass is 9.96. The second kappa shape index (κ2) is 8.64. The van der Waals surface area contributed by atoms with Crippen molar-refractivity contribution in [3.8, 4) is 0 Å². The molecular weight excluding hydrogens is 328 g/mol. The Morgan fingerprint density at radius 1 is 1.15 bits per heavy atom. The van der Waals surface area contributed by atoms with Gasteiger partial charge in [0.2, 0.25) is 11.8 Å². The van der Waals surface area contributed by atoms with Crippen molar-refractivity contribution in [3.63, 3.8) is 0 Å². The van der Waals surface area contributed by atoms with Crippen LogP contribution in [0.3, 0.4) is 0 Å². The third-order valence-electron chi connectivity index (χ3n) is 5.64. The van der Waals surface area contributed by atoms with Crippen molar-refractivity contribution in [2.24, 2.45) is 5.92 Å². The maximum Gasteiger partial charge on any atom is 0.237 e. The number of benzene rings is 1. The maximum atomic E-state index is 12.5. The van der Waals surface area contributed by atoms with Gasteiger partial charge in [0.1, 0.15) is 0 Å². The van der Waals surface area contributed by atoms with Crippen LogP contribution >= 0.6 is 0 Å². The Bertz CT molecular complexity index is 607. The minimum atomic E-state index is -0.168. The monoisotopic (exact) mass is 358 g/mol. The third-order valence-corrected chi connectivity index (χ3v) is 5.64. The molecule has 0 bridgehead atoms. The maximum absolute atomic E-state index is 12.5. The fourth-order valence-corrected chi connectivity index (χ4v) is 3.76. The summed E-state index contributed by atoms with van der Waals surface area (Å²) in [5.74, 6) is 0.179. The van der Waals surface area contributed by atoms with E-state index in [0.717, 1.165) is 32.5 Å². The number of carbonyl (C=O) groups excluding carboxylic acids is 2. The highest BCUT2D eigenvalue weighted by Gasteiger charge is 2.37. The summed E-state index contributed by atoms with van der Waals surface area (Å²) in [5.41, 5.74) is 1.34. The predicted octanol–water partition coefficient (Wildman–Crippen LogP) is 0.834. The molecule has 1 aromatic rings. The normalized spacial score (nSPS) is 21.0. The summed E-state index contributed by atoms with van der Waals surface area (Å²) in [6.45, 7) is 6.27. The Labute approximate surface area is 155 Å². The molecule has 0 aliphatic carbocycles. The van der Waals surface area contributed by atoms with Crippen LogP contribution in [0.4, 0.5) is 0 Å². The molecule has 0 radical (unpaired) electrons. The fourth-order valence-electron chi connectivity index (χ4n) is 3.76. The minimum Gasteiger partial charge on any atom is -0.359 e. The smallest absolute Gasteiger partial charge is 0.237 e. The molecule has 0 saturated carbocycles. The Kier molecular flexibility index (Phi) is 6.27. The molecule has 2 aliphatic rings. The van der Waals surface area contributed by atoms with Gasteiger partial charge in [0, 0.05) is 45.8 Å². The standard InChI is InChI=1S/C20H30N4O2/c1-15(24-13-17(14-24)20(26)21-2)19(25)22-18-8-10-23(11-9-18)12-16-6-4-3-5-7-16/h3-7,15,17-18H,8-14H2,1-2H3,(H,21,26)(H,22,25)/t15-/m0/s1. The van der Waals surface area contributed by atoms with E-state index in [9.17, 15) is 9.59 Å².